The van der Waals surface area contributed by atoms with Crippen molar-refractivity contribution < 1.29 is 9.84 Å². The smallest absolute Gasteiger partial charge is 0.153 e. The number of anilines is 1. The van der Waals surface area contributed by atoms with Gasteiger partial charge in [-0.3, -0.25) is 9.98 Å². The molecular weight excluding hydrogens is 450 g/mol. The number of pyridine rings is 1. The maximum atomic E-state index is 10.3. The molecule has 0 bridgehead atoms. The van der Waals surface area contributed by atoms with Crippen molar-refractivity contribution in [2.24, 2.45) is 10.9 Å². The van der Waals surface area contributed by atoms with Gasteiger partial charge in [0.2, 0.25) is 0 Å². The van der Waals surface area contributed by atoms with Crippen molar-refractivity contribution in [2.75, 3.05) is 44.7 Å². The Bertz CT molecular complexity index is 1360. The minimum absolute atomic E-state index is 0.0460. The number of nitriles is 1. The third-order valence-corrected chi connectivity index (χ3v) is 7.14. The Hall–Kier alpha value is -3.89. The summed E-state index contributed by atoms with van der Waals surface area (Å²) in [7, 11) is 1.71. The van der Waals surface area contributed by atoms with Crippen LogP contribution in [-0.2, 0) is 0 Å². The van der Waals surface area contributed by atoms with E-state index in [1.165, 1.54) is 0 Å². The minimum atomic E-state index is -0.760. The normalized spacial score (nSPS) is 18.2. The summed E-state index contributed by atoms with van der Waals surface area (Å²) in [5.41, 5.74) is 3.78. The van der Waals surface area contributed by atoms with Gasteiger partial charge in [-0.25, -0.2) is 0 Å². The molecule has 1 saturated heterocycles. The molecule has 2 aliphatic rings. The Morgan fingerprint density at radius 2 is 1.78 bits per heavy atom. The van der Waals surface area contributed by atoms with E-state index in [1.807, 2.05) is 56.5 Å². The zero-order chi connectivity index (χ0) is 25.3. The minimum Gasteiger partial charge on any atom is -0.494 e. The second kappa shape index (κ2) is 9.63. The van der Waals surface area contributed by atoms with Crippen LogP contribution in [0.1, 0.15) is 19.4 Å². The van der Waals surface area contributed by atoms with Crippen molar-refractivity contribution in [3.05, 3.63) is 66.4 Å². The van der Waals surface area contributed by atoms with Crippen LogP contribution in [0.5, 0.6) is 5.75 Å². The van der Waals surface area contributed by atoms with Crippen LogP contribution >= 0.6 is 0 Å². The fourth-order valence-corrected chi connectivity index (χ4v) is 4.93. The highest BCUT2D eigenvalue weighted by Gasteiger charge is 2.28. The summed E-state index contributed by atoms with van der Waals surface area (Å²) in [6.45, 7) is 7.64. The molecule has 1 fully saturated rings. The van der Waals surface area contributed by atoms with E-state index in [-0.39, 0.29) is 5.92 Å². The molecule has 3 heterocycles. The number of aromatic nitrogens is 1. The number of hydrogen-bond acceptors (Lipinski definition) is 7. The molecule has 0 aliphatic carbocycles. The standard InChI is InChI=1S/C29H31N5O2/c1-29(2,35)22-11-12-26(31-18-22)34-15-13-33(14-16-34)25-19-32-27-23(5-4-6-24(27)28(25)36-3)21-9-7-20(17-30)8-10-21/h4-12,19,22,35H,13-16,18H2,1-3H3. The molecule has 1 aromatic heterocycles. The Morgan fingerprint density at radius 3 is 2.39 bits per heavy atom. The molecule has 5 rings (SSSR count). The third-order valence-electron chi connectivity index (χ3n) is 7.14. The fourth-order valence-electron chi connectivity index (χ4n) is 4.93. The topological polar surface area (TPSA) is 85.0 Å². The molecule has 7 nitrogen and oxygen atoms in total. The van der Waals surface area contributed by atoms with Crippen LogP contribution in [0, 0.1) is 17.2 Å². The third kappa shape index (κ3) is 4.52. The van der Waals surface area contributed by atoms with E-state index >= 15 is 0 Å². The number of rotatable bonds is 4. The largest absolute Gasteiger partial charge is 0.494 e. The Balaban J connectivity index is 1.36. The summed E-state index contributed by atoms with van der Waals surface area (Å²) >= 11 is 0. The van der Waals surface area contributed by atoms with E-state index in [4.69, 9.17) is 20.0 Å². The number of dihydropyridines is 1. The monoisotopic (exact) mass is 481 g/mol. The second-order valence-electron chi connectivity index (χ2n) is 9.86. The van der Waals surface area contributed by atoms with Gasteiger partial charge in [0, 0.05) is 43.0 Å². The molecule has 3 aromatic rings. The number of piperazine rings is 1. The van der Waals surface area contributed by atoms with Crippen LogP contribution in [0.4, 0.5) is 5.69 Å². The van der Waals surface area contributed by atoms with Gasteiger partial charge in [0.25, 0.3) is 0 Å². The summed E-state index contributed by atoms with van der Waals surface area (Å²) in [5.74, 6) is 1.86. The van der Waals surface area contributed by atoms with Crippen LogP contribution in [0.3, 0.4) is 0 Å². The van der Waals surface area contributed by atoms with Gasteiger partial charge in [0.05, 0.1) is 48.3 Å². The molecule has 2 aromatic carbocycles. The maximum absolute atomic E-state index is 10.3. The molecule has 0 saturated carbocycles. The Morgan fingerprint density at radius 1 is 1.06 bits per heavy atom. The lowest BCUT2D eigenvalue weighted by atomic mass is 9.89. The van der Waals surface area contributed by atoms with Gasteiger partial charge >= 0.3 is 0 Å². The quantitative estimate of drug-likeness (QED) is 0.599. The number of nitrogens with zero attached hydrogens (tertiary/aromatic N) is 5. The van der Waals surface area contributed by atoms with Crippen molar-refractivity contribution in [3.8, 4) is 22.9 Å². The molecule has 0 amide bonds. The number of benzene rings is 2. The van der Waals surface area contributed by atoms with Crippen molar-refractivity contribution >= 4 is 22.4 Å². The molecule has 0 spiro atoms. The number of aliphatic imine (C=N–C) groups is 1. The summed E-state index contributed by atoms with van der Waals surface area (Å²) in [5, 5.41) is 20.3. The second-order valence-corrected chi connectivity index (χ2v) is 9.86. The van der Waals surface area contributed by atoms with Gasteiger partial charge in [-0.05, 0) is 43.7 Å². The summed E-state index contributed by atoms with van der Waals surface area (Å²) in [4.78, 5) is 14.2. The first-order valence-electron chi connectivity index (χ1n) is 12.3. The molecule has 0 radical (unpaired) electrons. The number of fused-ring (bicyclic) bond motifs is 1. The molecule has 184 valence electrons. The molecule has 7 heteroatoms. The SMILES string of the molecule is COc1c(N2CCN(C3=NCC(C(C)(C)O)C=C3)CC2)cnc2c(-c3ccc(C#N)cc3)cccc12. The average molecular weight is 482 g/mol. The molecule has 1 unspecified atom stereocenters. The maximum Gasteiger partial charge on any atom is 0.153 e. The first-order valence-corrected chi connectivity index (χ1v) is 12.3. The molecular formula is C29H31N5O2. The first-order chi connectivity index (χ1) is 17.4. The number of para-hydroxylation sites is 1. The number of methoxy groups -OCH3 is 1. The highest BCUT2D eigenvalue weighted by atomic mass is 16.5. The van der Waals surface area contributed by atoms with Gasteiger partial charge < -0.3 is 19.6 Å². The van der Waals surface area contributed by atoms with Crippen molar-refractivity contribution in [3.63, 3.8) is 0 Å². The average Bonchev–Trinajstić information content (AvgIpc) is 2.92. The van der Waals surface area contributed by atoms with Gasteiger partial charge in [-0.15, -0.1) is 0 Å². The molecule has 1 atom stereocenters. The van der Waals surface area contributed by atoms with E-state index in [0.29, 0.717) is 12.1 Å². The lowest BCUT2D eigenvalue weighted by Gasteiger charge is -2.38. The van der Waals surface area contributed by atoms with E-state index in [9.17, 15) is 5.11 Å². The van der Waals surface area contributed by atoms with Crippen LogP contribution < -0.4 is 9.64 Å². The zero-order valence-electron chi connectivity index (χ0n) is 21.0. The number of amidine groups is 1. The van der Waals surface area contributed by atoms with Gasteiger partial charge in [0.1, 0.15) is 5.84 Å². The summed E-state index contributed by atoms with van der Waals surface area (Å²) < 4.78 is 5.93. The predicted octanol–water partition coefficient (Wildman–Crippen LogP) is 4.26. The van der Waals surface area contributed by atoms with Crippen molar-refractivity contribution in [1.82, 2.24) is 9.88 Å². The van der Waals surface area contributed by atoms with Crippen LogP contribution in [0.2, 0.25) is 0 Å². The Kier molecular flexibility index (Phi) is 6.38. The van der Waals surface area contributed by atoms with E-state index in [2.05, 4.69) is 34.1 Å². The van der Waals surface area contributed by atoms with E-state index in [0.717, 1.165) is 65.5 Å². The Labute approximate surface area is 212 Å². The van der Waals surface area contributed by atoms with Gasteiger partial charge in [-0.1, -0.05) is 30.3 Å². The lowest BCUT2D eigenvalue weighted by molar-refractivity contribution is 0.0400. The van der Waals surface area contributed by atoms with E-state index in [1.54, 1.807) is 7.11 Å². The highest BCUT2D eigenvalue weighted by Crippen LogP contribution is 2.39. The number of hydrogen-bond donors (Lipinski definition) is 1. The van der Waals surface area contributed by atoms with Crippen LogP contribution in [0.25, 0.3) is 22.0 Å². The summed E-state index contributed by atoms with van der Waals surface area (Å²) in [6.07, 6.45) is 6.04. The van der Waals surface area contributed by atoms with Crippen LogP contribution in [0.15, 0.2) is 65.8 Å². The number of aliphatic hydroxyl groups is 1. The zero-order valence-corrected chi connectivity index (χ0v) is 21.0. The predicted molar refractivity (Wildman–Crippen MR) is 143 cm³/mol. The summed E-state index contributed by atoms with van der Waals surface area (Å²) in [6, 6.07) is 15.9. The fraction of sp³-hybridized carbons (Fsp3) is 0.345. The first kappa shape index (κ1) is 23.8. The number of ether oxygens (including phenoxy) is 1. The lowest BCUT2D eigenvalue weighted by Crippen LogP contribution is -2.49. The van der Waals surface area contributed by atoms with Gasteiger partial charge in [0.15, 0.2) is 5.75 Å². The van der Waals surface area contributed by atoms with Crippen LogP contribution in [-0.4, -0.2) is 66.3 Å². The van der Waals surface area contributed by atoms with E-state index < -0.39 is 5.60 Å². The molecule has 36 heavy (non-hydrogen) atoms. The van der Waals surface area contributed by atoms with Gasteiger partial charge in [-0.2, -0.15) is 5.26 Å². The molecule has 2 aliphatic heterocycles. The van der Waals surface area contributed by atoms with Crippen molar-refractivity contribution in [1.29, 1.82) is 5.26 Å². The molecule has 1 N–H and O–H groups in total. The highest BCUT2D eigenvalue weighted by molar-refractivity contribution is 6.00. The van der Waals surface area contributed by atoms with Crippen molar-refractivity contribution in [2.45, 2.75) is 19.4 Å².